The summed E-state index contributed by atoms with van der Waals surface area (Å²) in [6.07, 6.45) is 4.18. The highest BCUT2D eigenvalue weighted by atomic mass is 28.4. The van der Waals surface area contributed by atoms with Crippen LogP contribution in [0.1, 0.15) is 11.1 Å². The van der Waals surface area contributed by atoms with E-state index in [2.05, 4.69) is 30.4 Å². The van der Waals surface area contributed by atoms with Gasteiger partial charge in [0.1, 0.15) is 0 Å². The van der Waals surface area contributed by atoms with E-state index >= 15 is 0 Å². The van der Waals surface area contributed by atoms with Gasteiger partial charge in [-0.1, -0.05) is 36.4 Å². The zero-order valence-corrected chi connectivity index (χ0v) is 13.9. The average molecular weight is 313 g/mol. The Morgan fingerprint density at radius 2 is 1.55 bits per heavy atom. The molecule has 4 nitrogen and oxygen atoms in total. The summed E-state index contributed by atoms with van der Waals surface area (Å²) < 4.78 is 16.9. The Bertz CT molecular complexity index is 730. The highest BCUT2D eigenvalue weighted by molar-refractivity contribution is 6.76. The van der Waals surface area contributed by atoms with Crippen LogP contribution in [-0.2, 0) is 13.3 Å². The number of nitrogens with two attached hydrogens (primary N) is 1. The van der Waals surface area contributed by atoms with E-state index in [4.69, 9.17) is 19.0 Å². The van der Waals surface area contributed by atoms with E-state index in [9.17, 15) is 0 Å². The lowest BCUT2D eigenvalue weighted by molar-refractivity contribution is 0.140. The first kappa shape index (κ1) is 15.0. The Hall–Kier alpha value is -1.92. The minimum atomic E-state index is -2.96. The zero-order chi connectivity index (χ0) is 15.7. The molecule has 0 saturated carbocycles. The number of nitrogen functional groups attached to an aromatic ring is 1. The van der Waals surface area contributed by atoms with Crippen molar-refractivity contribution in [2.45, 2.75) is 0 Å². The molecule has 3 rings (SSSR count). The highest BCUT2D eigenvalue weighted by Crippen LogP contribution is 2.32. The van der Waals surface area contributed by atoms with Crippen LogP contribution in [0.2, 0.25) is 0 Å². The molecule has 0 aliphatic heterocycles. The zero-order valence-electron chi connectivity index (χ0n) is 12.9. The second-order valence-electron chi connectivity index (χ2n) is 5.12. The maximum absolute atomic E-state index is 6.26. The van der Waals surface area contributed by atoms with Crippen LogP contribution in [0.5, 0.6) is 0 Å². The van der Waals surface area contributed by atoms with Crippen molar-refractivity contribution in [3.8, 4) is 11.1 Å². The monoisotopic (exact) mass is 313 g/mol. The lowest BCUT2D eigenvalue weighted by Crippen LogP contribution is -2.55. The predicted molar refractivity (Wildman–Crippen MR) is 91.6 cm³/mol. The Morgan fingerprint density at radius 3 is 2.09 bits per heavy atom. The molecular formula is C17H19NO3Si. The number of fused-ring (bicyclic) bond motifs is 1. The summed E-state index contributed by atoms with van der Waals surface area (Å²) in [6.45, 7) is 0. The van der Waals surface area contributed by atoms with Crippen LogP contribution >= 0.6 is 0 Å². The molecule has 0 aromatic heterocycles. The topological polar surface area (TPSA) is 53.7 Å². The Morgan fingerprint density at radius 1 is 0.864 bits per heavy atom. The smallest absolute Gasteiger partial charge is 0.398 e. The van der Waals surface area contributed by atoms with Crippen molar-refractivity contribution in [3.63, 3.8) is 0 Å². The number of benzene rings is 2. The molecule has 22 heavy (non-hydrogen) atoms. The summed E-state index contributed by atoms with van der Waals surface area (Å²) in [5.74, 6) is 0. The average Bonchev–Trinajstić information content (AvgIpc) is 2.52. The minimum Gasteiger partial charge on any atom is -0.398 e. The van der Waals surface area contributed by atoms with Gasteiger partial charge in [-0.3, -0.25) is 0 Å². The van der Waals surface area contributed by atoms with Crippen molar-refractivity contribution in [3.05, 3.63) is 47.5 Å². The maximum Gasteiger partial charge on any atom is 0.537 e. The first-order valence-electron chi connectivity index (χ1n) is 7.02. The lowest BCUT2D eigenvalue weighted by atomic mass is 9.92. The third-order valence-electron chi connectivity index (χ3n) is 4.05. The number of hydrogen-bond acceptors (Lipinski definition) is 4. The summed E-state index contributed by atoms with van der Waals surface area (Å²) in [5, 5.41) is 0.878. The van der Waals surface area contributed by atoms with E-state index in [0.29, 0.717) is 5.69 Å². The molecule has 114 valence electrons. The number of rotatable bonds is 5. The van der Waals surface area contributed by atoms with E-state index in [0.717, 1.165) is 16.3 Å². The van der Waals surface area contributed by atoms with Gasteiger partial charge >= 0.3 is 8.80 Å². The normalized spacial score (nSPS) is 12.9. The molecule has 0 saturated heterocycles. The van der Waals surface area contributed by atoms with E-state index in [1.807, 2.05) is 18.2 Å². The van der Waals surface area contributed by atoms with Gasteiger partial charge in [0, 0.05) is 37.8 Å². The third-order valence-corrected chi connectivity index (χ3v) is 6.74. The van der Waals surface area contributed by atoms with Gasteiger partial charge in [0.25, 0.3) is 0 Å². The van der Waals surface area contributed by atoms with Gasteiger partial charge in [0.15, 0.2) is 0 Å². The summed E-state index contributed by atoms with van der Waals surface area (Å²) in [4.78, 5) is 0. The fourth-order valence-corrected chi connectivity index (χ4v) is 4.89. The van der Waals surface area contributed by atoms with Gasteiger partial charge in [0.2, 0.25) is 0 Å². The first-order chi connectivity index (χ1) is 10.6. The summed E-state index contributed by atoms with van der Waals surface area (Å²) >= 11 is 0. The molecule has 0 unspecified atom stereocenters. The van der Waals surface area contributed by atoms with Crippen molar-refractivity contribution in [1.29, 1.82) is 0 Å². The van der Waals surface area contributed by atoms with E-state index in [1.54, 1.807) is 21.3 Å². The van der Waals surface area contributed by atoms with Gasteiger partial charge in [-0.15, -0.1) is 0 Å². The first-order valence-corrected chi connectivity index (χ1v) is 8.74. The molecule has 0 atom stereocenters. The molecule has 2 N–H and O–H groups in total. The van der Waals surface area contributed by atoms with Crippen molar-refractivity contribution >= 4 is 31.8 Å². The third kappa shape index (κ3) is 2.19. The van der Waals surface area contributed by atoms with Crippen LogP contribution in [0.4, 0.5) is 5.69 Å². The molecule has 0 amide bonds. The minimum absolute atomic E-state index is 0.684. The number of anilines is 1. The molecule has 0 heterocycles. The van der Waals surface area contributed by atoms with Crippen LogP contribution in [-0.4, -0.2) is 30.1 Å². The van der Waals surface area contributed by atoms with Crippen molar-refractivity contribution in [2.75, 3.05) is 27.1 Å². The molecule has 0 spiro atoms. The van der Waals surface area contributed by atoms with E-state index < -0.39 is 8.80 Å². The second-order valence-corrected chi connectivity index (χ2v) is 7.99. The van der Waals surface area contributed by atoms with E-state index in [1.165, 1.54) is 11.1 Å². The molecule has 1 aliphatic carbocycles. The second kappa shape index (κ2) is 5.70. The predicted octanol–water partition coefficient (Wildman–Crippen LogP) is 2.50. The van der Waals surface area contributed by atoms with Crippen LogP contribution in [0.15, 0.2) is 36.4 Å². The fraction of sp³-hybridized carbons (Fsp3) is 0.176. The van der Waals surface area contributed by atoms with Gasteiger partial charge in [0.05, 0.1) is 0 Å². The van der Waals surface area contributed by atoms with Gasteiger partial charge in [-0.05, 0) is 28.8 Å². The van der Waals surface area contributed by atoms with Crippen LogP contribution in [0.25, 0.3) is 23.3 Å². The van der Waals surface area contributed by atoms with Crippen LogP contribution in [0.3, 0.4) is 0 Å². The number of hydrogen-bond donors (Lipinski definition) is 1. The van der Waals surface area contributed by atoms with Crippen LogP contribution < -0.4 is 10.9 Å². The van der Waals surface area contributed by atoms with Crippen LogP contribution in [0, 0.1) is 0 Å². The maximum atomic E-state index is 6.26. The fourth-order valence-electron chi connectivity index (χ4n) is 2.84. The Kier molecular flexibility index (Phi) is 3.88. The summed E-state index contributed by atoms with van der Waals surface area (Å²) in [5.41, 5.74) is 11.4. The lowest BCUT2D eigenvalue weighted by Gasteiger charge is -2.27. The molecule has 2 aromatic carbocycles. The van der Waals surface area contributed by atoms with Crippen molar-refractivity contribution < 1.29 is 13.3 Å². The molecule has 0 fully saturated rings. The molecule has 5 heteroatoms. The SMILES string of the molecule is CO[Si](OC)(OC)c1cccc(N)c1-c1ccc2c(c1)C=C2. The summed E-state index contributed by atoms with van der Waals surface area (Å²) in [7, 11) is 1.85. The molecule has 0 bridgehead atoms. The van der Waals surface area contributed by atoms with Gasteiger partial charge in [-0.25, -0.2) is 0 Å². The van der Waals surface area contributed by atoms with Gasteiger partial charge < -0.3 is 19.0 Å². The van der Waals surface area contributed by atoms with Crippen molar-refractivity contribution in [2.24, 2.45) is 0 Å². The largest absolute Gasteiger partial charge is 0.537 e. The molecular weight excluding hydrogens is 294 g/mol. The quantitative estimate of drug-likeness (QED) is 0.581. The molecule has 2 aromatic rings. The summed E-state index contributed by atoms with van der Waals surface area (Å²) in [6, 6.07) is 12.0. The van der Waals surface area contributed by atoms with E-state index in [-0.39, 0.29) is 0 Å². The Balaban J connectivity index is 2.21. The van der Waals surface area contributed by atoms with Gasteiger partial charge in [-0.2, -0.15) is 0 Å². The standard InChI is InChI=1S/C17H19NO3Si/c1-19-22(20-2,21-3)16-6-4-5-15(18)17(16)14-10-8-12-7-9-13(12)11-14/h4-11H,18H2,1-3H3. The molecule has 1 aliphatic rings. The Labute approximate surface area is 131 Å². The highest BCUT2D eigenvalue weighted by Gasteiger charge is 2.43. The molecule has 0 radical (unpaired) electrons. The van der Waals surface area contributed by atoms with Crippen molar-refractivity contribution in [1.82, 2.24) is 0 Å².